The first-order valence-electron chi connectivity index (χ1n) is 6.57. The fraction of sp³-hybridized carbons (Fsp3) is 0.429. The number of nitrogens with two attached hydrogens (primary N) is 1. The molecule has 108 valence electrons. The lowest BCUT2D eigenvalue weighted by Gasteiger charge is -2.18. The molecule has 2 amide bonds. The van der Waals surface area contributed by atoms with E-state index < -0.39 is 0 Å². The van der Waals surface area contributed by atoms with Gasteiger partial charge in [-0.2, -0.15) is 0 Å². The lowest BCUT2D eigenvalue weighted by atomic mass is 10.1. The molecule has 3 N–H and O–H groups in total. The molecule has 1 aromatic carbocycles. The highest BCUT2D eigenvalue weighted by molar-refractivity contribution is 6.30. The van der Waals surface area contributed by atoms with E-state index in [2.05, 4.69) is 5.32 Å². The van der Waals surface area contributed by atoms with Crippen LogP contribution in [0.25, 0.3) is 0 Å². The second-order valence-corrected chi connectivity index (χ2v) is 5.46. The average molecular weight is 296 g/mol. The highest BCUT2D eigenvalue weighted by atomic mass is 35.5. The second-order valence-electron chi connectivity index (χ2n) is 5.03. The Kier molecular flexibility index (Phi) is 4.62. The normalized spacial score (nSPS) is 20.1. The summed E-state index contributed by atoms with van der Waals surface area (Å²) in [5.74, 6) is -0.493. The Morgan fingerprint density at radius 3 is 2.75 bits per heavy atom. The van der Waals surface area contributed by atoms with E-state index >= 15 is 0 Å². The van der Waals surface area contributed by atoms with Gasteiger partial charge in [-0.1, -0.05) is 11.6 Å². The smallest absolute Gasteiger partial charge is 0.227 e. The molecule has 1 unspecified atom stereocenters. The lowest BCUT2D eigenvalue weighted by Crippen LogP contribution is -2.41. The van der Waals surface area contributed by atoms with Crippen LogP contribution < -0.4 is 16.0 Å². The molecule has 1 aromatic rings. The van der Waals surface area contributed by atoms with Gasteiger partial charge in [-0.05, 0) is 31.2 Å². The zero-order chi connectivity index (χ0) is 14.7. The van der Waals surface area contributed by atoms with Crippen molar-refractivity contribution in [2.24, 2.45) is 11.7 Å². The summed E-state index contributed by atoms with van der Waals surface area (Å²) in [6.07, 6.45) is 0.228. The Bertz CT molecular complexity index is 504. The minimum Gasteiger partial charge on any atom is -0.352 e. The van der Waals surface area contributed by atoms with E-state index in [9.17, 15) is 9.59 Å². The van der Waals surface area contributed by atoms with Gasteiger partial charge in [-0.25, -0.2) is 0 Å². The van der Waals surface area contributed by atoms with Crippen LogP contribution in [0, 0.1) is 5.92 Å². The van der Waals surface area contributed by atoms with Gasteiger partial charge in [0.25, 0.3) is 0 Å². The molecule has 2 atom stereocenters. The molecule has 0 saturated carbocycles. The molecular formula is C14H18ClN3O2. The zero-order valence-corrected chi connectivity index (χ0v) is 12.1. The SMILES string of the molecule is C[C@@H](CN)NC(=O)C1CC(=O)N(c2ccc(Cl)cc2)C1. The van der Waals surface area contributed by atoms with Crippen molar-refractivity contribution in [3.05, 3.63) is 29.3 Å². The molecule has 1 fully saturated rings. The summed E-state index contributed by atoms with van der Waals surface area (Å²) in [6.45, 7) is 2.61. The van der Waals surface area contributed by atoms with Gasteiger partial charge in [0.1, 0.15) is 0 Å². The van der Waals surface area contributed by atoms with Gasteiger partial charge in [0, 0.05) is 36.3 Å². The minimum absolute atomic E-state index is 0.0483. The van der Waals surface area contributed by atoms with E-state index in [0.29, 0.717) is 18.1 Å². The van der Waals surface area contributed by atoms with Crippen molar-refractivity contribution in [2.75, 3.05) is 18.0 Å². The van der Waals surface area contributed by atoms with Crippen LogP contribution in [0.4, 0.5) is 5.69 Å². The molecule has 1 aliphatic heterocycles. The number of rotatable bonds is 4. The predicted molar refractivity (Wildman–Crippen MR) is 78.6 cm³/mol. The molecule has 0 spiro atoms. The van der Waals surface area contributed by atoms with E-state index in [1.807, 2.05) is 6.92 Å². The van der Waals surface area contributed by atoms with Crippen LogP contribution in [0.3, 0.4) is 0 Å². The molecule has 1 heterocycles. The van der Waals surface area contributed by atoms with E-state index in [4.69, 9.17) is 17.3 Å². The van der Waals surface area contributed by atoms with Crippen molar-refractivity contribution in [3.63, 3.8) is 0 Å². The third-order valence-corrected chi connectivity index (χ3v) is 3.63. The summed E-state index contributed by atoms with van der Waals surface area (Å²) in [4.78, 5) is 25.7. The van der Waals surface area contributed by atoms with Crippen LogP contribution >= 0.6 is 11.6 Å². The number of nitrogens with one attached hydrogen (secondary N) is 1. The third-order valence-electron chi connectivity index (χ3n) is 3.38. The van der Waals surface area contributed by atoms with Crippen LogP contribution in [0.15, 0.2) is 24.3 Å². The first kappa shape index (κ1) is 14.8. The number of benzene rings is 1. The molecule has 1 saturated heterocycles. The molecule has 0 aromatic heterocycles. The molecule has 2 rings (SSSR count). The van der Waals surface area contributed by atoms with Crippen LogP contribution in [0.2, 0.25) is 5.02 Å². The first-order valence-corrected chi connectivity index (χ1v) is 6.95. The molecule has 6 heteroatoms. The fourth-order valence-electron chi connectivity index (χ4n) is 2.17. The molecule has 20 heavy (non-hydrogen) atoms. The molecule has 0 radical (unpaired) electrons. The average Bonchev–Trinajstić information content (AvgIpc) is 2.81. The molecule has 5 nitrogen and oxygen atoms in total. The maximum absolute atomic E-state index is 12.0. The Labute approximate surface area is 123 Å². The van der Waals surface area contributed by atoms with Crippen molar-refractivity contribution >= 4 is 29.1 Å². The zero-order valence-electron chi connectivity index (χ0n) is 11.3. The van der Waals surface area contributed by atoms with Gasteiger partial charge in [-0.3, -0.25) is 9.59 Å². The van der Waals surface area contributed by atoms with Crippen molar-refractivity contribution in [1.29, 1.82) is 0 Å². The van der Waals surface area contributed by atoms with Gasteiger partial charge < -0.3 is 16.0 Å². The van der Waals surface area contributed by atoms with Crippen LogP contribution in [0.1, 0.15) is 13.3 Å². The standard InChI is InChI=1S/C14H18ClN3O2/c1-9(7-16)17-14(20)10-6-13(19)18(8-10)12-4-2-11(15)3-5-12/h2-5,9-10H,6-8,16H2,1H3,(H,17,20)/t9-,10?/m0/s1. The maximum Gasteiger partial charge on any atom is 0.227 e. The Hall–Kier alpha value is -1.59. The van der Waals surface area contributed by atoms with Crippen molar-refractivity contribution in [2.45, 2.75) is 19.4 Å². The summed E-state index contributed by atoms with van der Waals surface area (Å²) in [6, 6.07) is 6.94. The van der Waals surface area contributed by atoms with Gasteiger partial charge in [0.2, 0.25) is 11.8 Å². The van der Waals surface area contributed by atoms with Gasteiger partial charge >= 0.3 is 0 Å². The largest absolute Gasteiger partial charge is 0.352 e. The highest BCUT2D eigenvalue weighted by Crippen LogP contribution is 2.26. The van der Waals surface area contributed by atoms with Crippen LogP contribution in [0.5, 0.6) is 0 Å². The topological polar surface area (TPSA) is 75.4 Å². The minimum atomic E-state index is -0.327. The Morgan fingerprint density at radius 2 is 2.15 bits per heavy atom. The maximum atomic E-state index is 12.0. The van der Waals surface area contributed by atoms with Crippen LogP contribution in [-0.4, -0.2) is 30.9 Å². The number of carbonyl (C=O) groups is 2. The number of hydrogen-bond acceptors (Lipinski definition) is 3. The molecule has 0 aliphatic carbocycles. The summed E-state index contributed by atoms with van der Waals surface area (Å²) < 4.78 is 0. The quantitative estimate of drug-likeness (QED) is 0.875. The predicted octanol–water partition coefficient (Wildman–Crippen LogP) is 1.16. The van der Waals surface area contributed by atoms with Crippen molar-refractivity contribution in [3.8, 4) is 0 Å². The van der Waals surface area contributed by atoms with E-state index in [1.54, 1.807) is 29.2 Å². The van der Waals surface area contributed by atoms with E-state index in [1.165, 1.54) is 0 Å². The number of nitrogens with zero attached hydrogens (tertiary/aromatic N) is 1. The first-order chi connectivity index (χ1) is 9.51. The van der Waals surface area contributed by atoms with Crippen molar-refractivity contribution in [1.82, 2.24) is 5.32 Å². The number of hydrogen-bond donors (Lipinski definition) is 2. The van der Waals surface area contributed by atoms with Gasteiger partial charge in [0.05, 0.1) is 5.92 Å². The summed E-state index contributed by atoms with van der Waals surface area (Å²) >= 11 is 5.83. The summed E-state index contributed by atoms with van der Waals surface area (Å²) in [7, 11) is 0. The number of carbonyl (C=O) groups excluding carboxylic acids is 2. The fourth-order valence-corrected chi connectivity index (χ4v) is 2.30. The highest BCUT2D eigenvalue weighted by Gasteiger charge is 2.35. The number of amides is 2. The molecular weight excluding hydrogens is 278 g/mol. The van der Waals surface area contributed by atoms with Gasteiger partial charge in [-0.15, -0.1) is 0 Å². The second kappa shape index (κ2) is 6.24. The van der Waals surface area contributed by atoms with E-state index in [-0.39, 0.29) is 30.2 Å². The van der Waals surface area contributed by atoms with Crippen molar-refractivity contribution < 1.29 is 9.59 Å². The van der Waals surface area contributed by atoms with E-state index in [0.717, 1.165) is 5.69 Å². The number of anilines is 1. The summed E-state index contributed by atoms with van der Waals surface area (Å²) in [5.41, 5.74) is 6.24. The molecule has 1 aliphatic rings. The van der Waals surface area contributed by atoms with Crippen LogP contribution in [-0.2, 0) is 9.59 Å². The van der Waals surface area contributed by atoms with Gasteiger partial charge in [0.15, 0.2) is 0 Å². The number of halogens is 1. The Balaban J connectivity index is 2.03. The Morgan fingerprint density at radius 1 is 1.50 bits per heavy atom. The molecule has 0 bridgehead atoms. The third kappa shape index (κ3) is 3.29. The monoisotopic (exact) mass is 295 g/mol. The lowest BCUT2D eigenvalue weighted by molar-refractivity contribution is -0.126. The summed E-state index contributed by atoms with van der Waals surface area (Å²) in [5, 5.41) is 3.43.